The van der Waals surface area contributed by atoms with Crippen LogP contribution in [0.25, 0.3) is 0 Å². The predicted octanol–water partition coefficient (Wildman–Crippen LogP) is 4.82. The zero-order valence-electron chi connectivity index (χ0n) is 21.0. The Morgan fingerprint density at radius 3 is 2.17 bits per heavy atom. The molecule has 1 saturated carbocycles. The summed E-state index contributed by atoms with van der Waals surface area (Å²) in [5, 5.41) is 2.91. The number of anilines is 1. The summed E-state index contributed by atoms with van der Waals surface area (Å²) < 4.78 is 16.3. The third-order valence-electron chi connectivity index (χ3n) is 6.94. The smallest absolute Gasteiger partial charge is 0.340 e. The van der Waals surface area contributed by atoms with Crippen molar-refractivity contribution in [3.63, 3.8) is 0 Å². The quantitative estimate of drug-likeness (QED) is 0.529. The van der Waals surface area contributed by atoms with Gasteiger partial charge >= 0.3 is 5.97 Å². The van der Waals surface area contributed by atoms with Crippen LogP contribution in [-0.4, -0.2) is 50.0 Å². The van der Waals surface area contributed by atoms with Gasteiger partial charge in [-0.15, -0.1) is 0 Å². The van der Waals surface area contributed by atoms with Crippen molar-refractivity contribution >= 4 is 23.5 Å². The highest BCUT2D eigenvalue weighted by atomic mass is 16.5. The van der Waals surface area contributed by atoms with Crippen LogP contribution >= 0.6 is 0 Å². The normalized spacial score (nSPS) is 15.9. The number of likely N-dealkylation sites (tertiary alicyclic amines) is 1. The summed E-state index contributed by atoms with van der Waals surface area (Å²) >= 11 is 0. The SMILES string of the molecule is COc1cc(NC(=O)C2CCCCC2)c(C(=O)OCc2ccc(C(=O)N3CCCC3)cc2)cc1OC. The second-order valence-electron chi connectivity index (χ2n) is 9.35. The monoisotopic (exact) mass is 494 g/mol. The number of hydrogen-bond acceptors (Lipinski definition) is 6. The van der Waals surface area contributed by atoms with Crippen LogP contribution in [0.5, 0.6) is 11.5 Å². The number of esters is 1. The summed E-state index contributed by atoms with van der Waals surface area (Å²) in [6, 6.07) is 10.2. The largest absolute Gasteiger partial charge is 0.493 e. The van der Waals surface area contributed by atoms with Crippen LogP contribution in [0.4, 0.5) is 5.69 Å². The van der Waals surface area contributed by atoms with E-state index in [1.165, 1.54) is 20.3 Å². The number of methoxy groups -OCH3 is 2. The van der Waals surface area contributed by atoms with Crippen LogP contribution in [0.3, 0.4) is 0 Å². The molecule has 1 aliphatic heterocycles. The molecule has 8 nitrogen and oxygen atoms in total. The van der Waals surface area contributed by atoms with Gasteiger partial charge in [0.25, 0.3) is 5.91 Å². The number of hydrogen-bond donors (Lipinski definition) is 1. The fourth-order valence-electron chi connectivity index (χ4n) is 4.82. The third-order valence-corrected chi connectivity index (χ3v) is 6.94. The molecular formula is C28H34N2O6. The molecule has 2 aromatic rings. The molecule has 1 aliphatic carbocycles. The van der Waals surface area contributed by atoms with E-state index in [0.717, 1.165) is 63.6 Å². The maximum absolute atomic E-state index is 13.1. The minimum Gasteiger partial charge on any atom is -0.493 e. The zero-order chi connectivity index (χ0) is 25.5. The lowest BCUT2D eigenvalue weighted by molar-refractivity contribution is -0.120. The molecule has 0 spiro atoms. The maximum Gasteiger partial charge on any atom is 0.340 e. The topological polar surface area (TPSA) is 94.2 Å². The maximum atomic E-state index is 13.1. The van der Waals surface area contributed by atoms with Crippen molar-refractivity contribution in [1.82, 2.24) is 4.90 Å². The fourth-order valence-corrected chi connectivity index (χ4v) is 4.82. The lowest BCUT2D eigenvalue weighted by Crippen LogP contribution is -2.27. The van der Waals surface area contributed by atoms with Crippen molar-refractivity contribution in [3.8, 4) is 11.5 Å². The summed E-state index contributed by atoms with van der Waals surface area (Å²) in [7, 11) is 2.99. The van der Waals surface area contributed by atoms with Crippen molar-refractivity contribution in [1.29, 1.82) is 0 Å². The van der Waals surface area contributed by atoms with Gasteiger partial charge in [-0.25, -0.2) is 4.79 Å². The Morgan fingerprint density at radius 1 is 0.889 bits per heavy atom. The molecular weight excluding hydrogens is 460 g/mol. The first-order valence-corrected chi connectivity index (χ1v) is 12.6. The Bertz CT molecular complexity index is 1090. The molecule has 1 saturated heterocycles. The molecule has 8 heteroatoms. The van der Waals surface area contributed by atoms with Crippen molar-refractivity contribution in [2.75, 3.05) is 32.6 Å². The second kappa shape index (κ2) is 11.9. The van der Waals surface area contributed by atoms with Gasteiger partial charge in [-0.2, -0.15) is 0 Å². The Hall–Kier alpha value is -3.55. The Balaban J connectivity index is 1.46. The van der Waals surface area contributed by atoms with Gasteiger partial charge in [0.2, 0.25) is 5.91 Å². The zero-order valence-corrected chi connectivity index (χ0v) is 21.0. The first-order chi connectivity index (χ1) is 17.5. The number of carbonyl (C=O) groups is 3. The molecule has 1 heterocycles. The molecule has 0 radical (unpaired) electrons. The molecule has 0 unspecified atom stereocenters. The molecule has 4 rings (SSSR count). The minimum absolute atomic E-state index is 0.0275. The van der Waals surface area contributed by atoms with Gasteiger partial charge < -0.3 is 24.4 Å². The molecule has 2 amide bonds. The van der Waals surface area contributed by atoms with E-state index in [0.29, 0.717) is 22.7 Å². The van der Waals surface area contributed by atoms with Crippen molar-refractivity contribution < 1.29 is 28.6 Å². The van der Waals surface area contributed by atoms with Gasteiger partial charge in [-0.1, -0.05) is 31.4 Å². The molecule has 0 bridgehead atoms. The Labute approximate surface area is 211 Å². The highest BCUT2D eigenvalue weighted by molar-refractivity contribution is 6.02. The minimum atomic E-state index is -0.591. The standard InChI is InChI=1S/C28H34N2O6/c1-34-24-16-22(23(17-25(24)35-2)29-26(31)20-8-4-3-5-9-20)28(33)36-18-19-10-12-21(13-11-19)27(32)30-14-6-7-15-30/h10-13,16-17,20H,3-9,14-15,18H2,1-2H3,(H,29,31). The lowest BCUT2D eigenvalue weighted by Gasteiger charge is -2.22. The molecule has 0 atom stereocenters. The van der Waals surface area contributed by atoms with Crippen LogP contribution in [0.1, 0.15) is 71.2 Å². The van der Waals surface area contributed by atoms with E-state index in [1.807, 2.05) is 4.90 Å². The van der Waals surface area contributed by atoms with E-state index in [1.54, 1.807) is 30.3 Å². The van der Waals surface area contributed by atoms with Gasteiger partial charge in [-0.3, -0.25) is 9.59 Å². The molecule has 36 heavy (non-hydrogen) atoms. The average Bonchev–Trinajstić information content (AvgIpc) is 3.47. The van der Waals surface area contributed by atoms with Gasteiger partial charge in [0.15, 0.2) is 11.5 Å². The summed E-state index contributed by atoms with van der Waals surface area (Å²) in [5.41, 5.74) is 1.91. The van der Waals surface area contributed by atoms with Gasteiger partial charge in [0, 0.05) is 36.7 Å². The van der Waals surface area contributed by atoms with E-state index in [4.69, 9.17) is 14.2 Å². The van der Waals surface area contributed by atoms with E-state index >= 15 is 0 Å². The second-order valence-corrected chi connectivity index (χ2v) is 9.35. The first kappa shape index (κ1) is 25.5. The fraction of sp³-hybridized carbons (Fsp3) is 0.464. The molecule has 2 aliphatic rings. The molecule has 0 aromatic heterocycles. The number of nitrogens with zero attached hydrogens (tertiary/aromatic N) is 1. The number of carbonyl (C=O) groups excluding carboxylic acids is 3. The summed E-state index contributed by atoms with van der Waals surface area (Å²) in [5.74, 6) is 0.0368. The average molecular weight is 495 g/mol. The van der Waals surface area contributed by atoms with Crippen LogP contribution < -0.4 is 14.8 Å². The Morgan fingerprint density at radius 2 is 1.53 bits per heavy atom. The predicted molar refractivity (Wildman–Crippen MR) is 135 cm³/mol. The number of amides is 2. The number of nitrogens with one attached hydrogen (secondary N) is 1. The molecule has 2 aromatic carbocycles. The molecule has 1 N–H and O–H groups in total. The number of ether oxygens (including phenoxy) is 3. The lowest BCUT2D eigenvalue weighted by atomic mass is 9.88. The summed E-state index contributed by atoms with van der Waals surface area (Å²) in [6.07, 6.45) is 6.97. The van der Waals surface area contributed by atoms with Crippen LogP contribution in [0.2, 0.25) is 0 Å². The van der Waals surface area contributed by atoms with E-state index in [9.17, 15) is 14.4 Å². The molecule has 2 fully saturated rings. The summed E-state index contributed by atoms with van der Waals surface area (Å²) in [4.78, 5) is 40.4. The third kappa shape index (κ3) is 5.98. The van der Waals surface area contributed by atoms with Crippen molar-refractivity contribution in [2.45, 2.75) is 51.6 Å². The number of benzene rings is 2. The van der Waals surface area contributed by atoms with Gasteiger partial charge in [-0.05, 0) is 43.4 Å². The molecule has 192 valence electrons. The van der Waals surface area contributed by atoms with Crippen LogP contribution in [0, 0.1) is 5.92 Å². The summed E-state index contributed by atoms with van der Waals surface area (Å²) in [6.45, 7) is 1.62. The van der Waals surface area contributed by atoms with Gasteiger partial charge in [0.1, 0.15) is 6.61 Å². The van der Waals surface area contributed by atoms with E-state index in [-0.39, 0.29) is 29.9 Å². The van der Waals surface area contributed by atoms with Crippen molar-refractivity contribution in [2.24, 2.45) is 5.92 Å². The van der Waals surface area contributed by atoms with Crippen LogP contribution in [0.15, 0.2) is 36.4 Å². The Kier molecular flexibility index (Phi) is 8.46. The highest BCUT2D eigenvalue weighted by Crippen LogP contribution is 2.35. The highest BCUT2D eigenvalue weighted by Gasteiger charge is 2.25. The van der Waals surface area contributed by atoms with E-state index in [2.05, 4.69) is 5.32 Å². The van der Waals surface area contributed by atoms with E-state index < -0.39 is 5.97 Å². The first-order valence-electron chi connectivity index (χ1n) is 12.6. The van der Waals surface area contributed by atoms with Crippen LogP contribution in [-0.2, 0) is 16.1 Å². The van der Waals surface area contributed by atoms with Gasteiger partial charge in [0.05, 0.1) is 25.5 Å². The van der Waals surface area contributed by atoms with Crippen molar-refractivity contribution in [3.05, 3.63) is 53.1 Å². The number of rotatable bonds is 8.